The van der Waals surface area contributed by atoms with Gasteiger partial charge in [-0.1, -0.05) is 0 Å². The van der Waals surface area contributed by atoms with Crippen LogP contribution in [0.1, 0.15) is 5.56 Å². The molecule has 5 heteroatoms. The van der Waals surface area contributed by atoms with E-state index in [9.17, 15) is 0 Å². The first-order valence-electron chi connectivity index (χ1n) is 5.08. The van der Waals surface area contributed by atoms with Gasteiger partial charge < -0.3 is 10.1 Å². The quantitative estimate of drug-likeness (QED) is 0.943. The summed E-state index contributed by atoms with van der Waals surface area (Å²) < 4.78 is 5.99. The Bertz CT molecular complexity index is 531. The first kappa shape index (κ1) is 11.9. The second-order valence-electron chi connectivity index (χ2n) is 3.53. The number of benzene rings is 1. The Balaban J connectivity index is 2.28. The first-order valence-corrected chi connectivity index (χ1v) is 5.87. The van der Waals surface area contributed by atoms with Crippen LogP contribution in [0.15, 0.2) is 35.2 Å². The molecule has 0 aliphatic carbocycles. The maximum atomic E-state index is 5.16. The average molecular weight is 294 g/mol. The van der Waals surface area contributed by atoms with Crippen LogP contribution in [0.4, 0.5) is 11.5 Å². The van der Waals surface area contributed by atoms with E-state index >= 15 is 0 Å². The smallest absolute Gasteiger partial charge is 0.148 e. The Morgan fingerprint density at radius 1 is 1.35 bits per heavy atom. The molecule has 0 aliphatic heterocycles. The molecular formula is C12H12BrN3O. The second kappa shape index (κ2) is 5.14. The number of aryl methyl sites for hydroxylation is 1. The molecule has 0 atom stereocenters. The zero-order valence-corrected chi connectivity index (χ0v) is 11.2. The van der Waals surface area contributed by atoms with Gasteiger partial charge in [0.25, 0.3) is 0 Å². The number of ether oxygens (including phenoxy) is 1. The summed E-state index contributed by atoms with van der Waals surface area (Å²) in [5.41, 5.74) is 2.08. The van der Waals surface area contributed by atoms with Gasteiger partial charge in [-0.05, 0) is 46.6 Å². The molecule has 2 aromatic rings. The maximum absolute atomic E-state index is 5.16. The molecule has 17 heavy (non-hydrogen) atoms. The van der Waals surface area contributed by atoms with E-state index in [1.165, 1.54) is 6.33 Å². The van der Waals surface area contributed by atoms with E-state index in [1.807, 2.05) is 25.1 Å². The van der Waals surface area contributed by atoms with E-state index in [1.54, 1.807) is 13.3 Å². The first-order chi connectivity index (χ1) is 8.20. The zero-order valence-electron chi connectivity index (χ0n) is 9.57. The molecule has 88 valence electrons. The summed E-state index contributed by atoms with van der Waals surface area (Å²) in [6, 6.07) is 5.84. The normalized spacial score (nSPS) is 10.1. The lowest BCUT2D eigenvalue weighted by Crippen LogP contribution is -1.97. The minimum Gasteiger partial charge on any atom is -0.497 e. The molecule has 1 aromatic carbocycles. The van der Waals surface area contributed by atoms with Crippen LogP contribution >= 0.6 is 15.9 Å². The highest BCUT2D eigenvalue weighted by Crippen LogP contribution is 2.26. The molecule has 0 spiro atoms. The van der Waals surface area contributed by atoms with E-state index < -0.39 is 0 Å². The molecular weight excluding hydrogens is 282 g/mol. The summed E-state index contributed by atoms with van der Waals surface area (Å²) in [5, 5.41) is 3.24. The van der Waals surface area contributed by atoms with Gasteiger partial charge in [-0.2, -0.15) is 0 Å². The lowest BCUT2D eigenvalue weighted by Gasteiger charge is -2.10. The number of nitrogens with zero attached hydrogens (tertiary/aromatic N) is 2. The highest BCUT2D eigenvalue weighted by atomic mass is 79.9. The summed E-state index contributed by atoms with van der Waals surface area (Å²) >= 11 is 3.39. The van der Waals surface area contributed by atoms with Crippen LogP contribution in [-0.4, -0.2) is 17.1 Å². The Kier molecular flexibility index (Phi) is 3.58. The lowest BCUT2D eigenvalue weighted by molar-refractivity contribution is 0.414. The summed E-state index contributed by atoms with van der Waals surface area (Å²) in [4.78, 5) is 8.08. The van der Waals surface area contributed by atoms with Gasteiger partial charge in [0.05, 0.1) is 11.6 Å². The summed E-state index contributed by atoms with van der Waals surface area (Å²) in [5.74, 6) is 1.59. The van der Waals surface area contributed by atoms with Crippen molar-refractivity contribution in [1.29, 1.82) is 0 Å². The molecule has 0 amide bonds. The van der Waals surface area contributed by atoms with Crippen LogP contribution in [0.3, 0.4) is 0 Å². The Morgan fingerprint density at radius 3 is 2.82 bits per heavy atom. The lowest BCUT2D eigenvalue weighted by atomic mass is 10.2. The van der Waals surface area contributed by atoms with Gasteiger partial charge in [0.1, 0.15) is 17.9 Å². The number of methoxy groups -OCH3 is 1. The van der Waals surface area contributed by atoms with Crippen molar-refractivity contribution in [2.24, 2.45) is 0 Å². The number of nitrogens with one attached hydrogen (secondary N) is 1. The van der Waals surface area contributed by atoms with Crippen molar-refractivity contribution in [3.05, 3.63) is 40.8 Å². The molecule has 1 N–H and O–H groups in total. The average Bonchev–Trinajstić information content (AvgIpc) is 2.34. The highest BCUT2D eigenvalue weighted by molar-refractivity contribution is 9.10. The predicted octanol–water partition coefficient (Wildman–Crippen LogP) is 3.30. The van der Waals surface area contributed by atoms with Crippen molar-refractivity contribution in [3.63, 3.8) is 0 Å². The van der Waals surface area contributed by atoms with Crippen LogP contribution in [0.25, 0.3) is 0 Å². The number of anilines is 2. The van der Waals surface area contributed by atoms with Gasteiger partial charge >= 0.3 is 0 Å². The van der Waals surface area contributed by atoms with Gasteiger partial charge in [0.2, 0.25) is 0 Å². The van der Waals surface area contributed by atoms with Gasteiger partial charge in [-0.15, -0.1) is 0 Å². The van der Waals surface area contributed by atoms with Crippen molar-refractivity contribution in [2.75, 3.05) is 12.4 Å². The molecule has 0 fully saturated rings. The van der Waals surface area contributed by atoms with Crippen molar-refractivity contribution in [1.82, 2.24) is 9.97 Å². The van der Waals surface area contributed by atoms with Crippen LogP contribution < -0.4 is 10.1 Å². The van der Waals surface area contributed by atoms with Crippen LogP contribution in [0.5, 0.6) is 5.75 Å². The van der Waals surface area contributed by atoms with Crippen molar-refractivity contribution >= 4 is 27.4 Å². The third kappa shape index (κ3) is 2.74. The monoisotopic (exact) mass is 293 g/mol. The molecule has 2 rings (SSSR count). The SMILES string of the molecule is COc1ccc(Nc2ncncc2Br)c(C)c1. The fourth-order valence-corrected chi connectivity index (χ4v) is 1.76. The Hall–Kier alpha value is -1.62. The van der Waals surface area contributed by atoms with Crippen molar-refractivity contribution in [3.8, 4) is 5.75 Å². The van der Waals surface area contributed by atoms with E-state index in [0.29, 0.717) is 0 Å². The topological polar surface area (TPSA) is 47.0 Å². The molecule has 0 saturated heterocycles. The van der Waals surface area contributed by atoms with Crippen molar-refractivity contribution < 1.29 is 4.74 Å². The summed E-state index contributed by atoms with van der Waals surface area (Å²) in [6.07, 6.45) is 3.21. The molecule has 0 radical (unpaired) electrons. The number of rotatable bonds is 3. The number of hydrogen-bond acceptors (Lipinski definition) is 4. The van der Waals surface area contributed by atoms with E-state index in [2.05, 4.69) is 31.2 Å². The van der Waals surface area contributed by atoms with E-state index in [-0.39, 0.29) is 0 Å². The molecule has 0 bridgehead atoms. The molecule has 0 unspecified atom stereocenters. The predicted molar refractivity (Wildman–Crippen MR) is 70.7 cm³/mol. The number of hydrogen-bond donors (Lipinski definition) is 1. The van der Waals surface area contributed by atoms with Crippen LogP contribution in [0, 0.1) is 6.92 Å². The maximum Gasteiger partial charge on any atom is 0.148 e. The second-order valence-corrected chi connectivity index (χ2v) is 4.38. The molecule has 0 saturated carbocycles. The van der Waals surface area contributed by atoms with Crippen molar-refractivity contribution in [2.45, 2.75) is 6.92 Å². The largest absolute Gasteiger partial charge is 0.497 e. The number of aromatic nitrogens is 2. The Labute approximate surface area is 108 Å². The summed E-state index contributed by atoms with van der Waals surface area (Å²) in [6.45, 7) is 2.01. The zero-order chi connectivity index (χ0) is 12.3. The van der Waals surface area contributed by atoms with Gasteiger partial charge in [0.15, 0.2) is 0 Å². The third-order valence-electron chi connectivity index (χ3n) is 2.35. The number of halogens is 1. The minimum atomic E-state index is 0.744. The fourth-order valence-electron chi connectivity index (χ4n) is 1.44. The van der Waals surface area contributed by atoms with E-state index in [0.717, 1.165) is 27.3 Å². The van der Waals surface area contributed by atoms with Crippen LogP contribution in [0.2, 0.25) is 0 Å². The van der Waals surface area contributed by atoms with Gasteiger partial charge in [-0.25, -0.2) is 9.97 Å². The molecule has 4 nitrogen and oxygen atoms in total. The van der Waals surface area contributed by atoms with E-state index in [4.69, 9.17) is 4.74 Å². The van der Waals surface area contributed by atoms with Gasteiger partial charge in [-0.3, -0.25) is 0 Å². The highest BCUT2D eigenvalue weighted by Gasteiger charge is 2.04. The minimum absolute atomic E-state index is 0.744. The molecule has 1 aromatic heterocycles. The standard InChI is InChI=1S/C12H12BrN3O/c1-8-5-9(17-2)3-4-11(8)16-12-10(13)6-14-7-15-12/h3-7H,1-2H3,(H,14,15,16). The molecule has 0 aliphatic rings. The van der Waals surface area contributed by atoms with Crippen LogP contribution in [-0.2, 0) is 0 Å². The Morgan fingerprint density at radius 2 is 2.18 bits per heavy atom. The third-order valence-corrected chi connectivity index (χ3v) is 2.93. The fraction of sp³-hybridized carbons (Fsp3) is 0.167. The van der Waals surface area contributed by atoms with Gasteiger partial charge in [0, 0.05) is 11.9 Å². The molecule has 1 heterocycles. The summed E-state index contributed by atoms with van der Waals surface area (Å²) in [7, 11) is 1.66.